The third-order valence-corrected chi connectivity index (χ3v) is 2.88. The Morgan fingerprint density at radius 1 is 1.21 bits per heavy atom. The molecule has 96 valence electrons. The van der Waals surface area contributed by atoms with Crippen molar-refractivity contribution in [1.82, 2.24) is 0 Å². The molecule has 19 heavy (non-hydrogen) atoms. The number of halogens is 1. The summed E-state index contributed by atoms with van der Waals surface area (Å²) in [4.78, 5) is 11.8. The van der Waals surface area contributed by atoms with Gasteiger partial charge in [0.15, 0.2) is 0 Å². The van der Waals surface area contributed by atoms with Gasteiger partial charge in [0.25, 0.3) is 0 Å². The van der Waals surface area contributed by atoms with Crippen LogP contribution in [0.2, 0.25) is 0 Å². The summed E-state index contributed by atoms with van der Waals surface area (Å²) in [5.74, 6) is -0.629. The maximum absolute atomic E-state index is 13.1. The summed E-state index contributed by atoms with van der Waals surface area (Å²) in [6, 6.07) is 11.9. The lowest BCUT2D eigenvalue weighted by molar-refractivity contribution is 0.0472. The van der Waals surface area contributed by atoms with Crippen molar-refractivity contribution in [3.8, 4) is 0 Å². The number of aryl methyl sites for hydroxylation is 1. The average Bonchev–Trinajstić information content (AvgIpc) is 2.40. The topological polar surface area (TPSA) is 26.3 Å². The van der Waals surface area contributed by atoms with E-state index >= 15 is 0 Å². The molecule has 0 aliphatic heterocycles. The molecule has 0 fully saturated rings. The number of carbonyl (C=O) groups excluding carboxylic acids is 1. The Hall–Kier alpha value is -2.10. The molecule has 0 saturated carbocycles. The number of carbonyl (C=O) groups is 1. The number of ether oxygens (including phenoxy) is 1. The van der Waals surface area contributed by atoms with E-state index in [0.29, 0.717) is 11.1 Å². The fourth-order valence-electron chi connectivity index (χ4n) is 1.72. The lowest BCUT2D eigenvalue weighted by atomic mass is 9.95. The van der Waals surface area contributed by atoms with Gasteiger partial charge >= 0.3 is 5.97 Å². The van der Waals surface area contributed by atoms with E-state index in [9.17, 15) is 9.18 Å². The molecule has 0 atom stereocenters. The molecule has 2 rings (SSSR count). The van der Waals surface area contributed by atoms with Crippen LogP contribution >= 0.6 is 0 Å². The molecule has 0 spiro atoms. The van der Waals surface area contributed by atoms with Crippen molar-refractivity contribution >= 4 is 19.3 Å². The minimum atomic E-state index is -0.373. The van der Waals surface area contributed by atoms with Crippen LogP contribution in [-0.2, 0) is 11.3 Å². The van der Waals surface area contributed by atoms with E-state index < -0.39 is 0 Å². The van der Waals surface area contributed by atoms with E-state index in [2.05, 4.69) is 0 Å². The Morgan fingerprint density at radius 3 is 2.53 bits per heavy atom. The van der Waals surface area contributed by atoms with Gasteiger partial charge in [-0.1, -0.05) is 23.7 Å². The van der Waals surface area contributed by atoms with Crippen LogP contribution < -0.4 is 5.46 Å². The van der Waals surface area contributed by atoms with Gasteiger partial charge in [0.2, 0.25) is 0 Å². The number of rotatable bonds is 3. The molecular formula is C15H14BFO2. The maximum Gasteiger partial charge on any atom is 0.338 e. The highest BCUT2D eigenvalue weighted by molar-refractivity contribution is 6.32. The Morgan fingerprint density at radius 2 is 1.89 bits per heavy atom. The van der Waals surface area contributed by atoms with Crippen LogP contribution in [0.25, 0.3) is 0 Å². The molecule has 0 heterocycles. The van der Waals surface area contributed by atoms with E-state index in [1.54, 1.807) is 31.2 Å². The molecular weight excluding hydrogens is 242 g/mol. The van der Waals surface area contributed by atoms with Crippen molar-refractivity contribution in [1.29, 1.82) is 0 Å². The molecule has 0 amide bonds. The zero-order valence-corrected chi connectivity index (χ0v) is 10.9. The summed E-state index contributed by atoms with van der Waals surface area (Å²) in [7, 11) is 1.95. The van der Waals surface area contributed by atoms with Crippen LogP contribution in [0.1, 0.15) is 21.5 Å². The number of esters is 1. The minimum absolute atomic E-state index is 0.147. The minimum Gasteiger partial charge on any atom is -0.457 e. The van der Waals surface area contributed by atoms with Gasteiger partial charge in [-0.15, -0.1) is 0 Å². The molecule has 0 unspecified atom stereocenters. The second kappa shape index (κ2) is 5.70. The highest BCUT2D eigenvalue weighted by Gasteiger charge is 2.07. The molecule has 0 aromatic heterocycles. The summed E-state index contributed by atoms with van der Waals surface area (Å²) in [6.07, 6.45) is 0. The predicted octanol–water partition coefficient (Wildman–Crippen LogP) is 1.75. The summed E-state index contributed by atoms with van der Waals surface area (Å²) < 4.78 is 18.3. The second-order valence-corrected chi connectivity index (χ2v) is 4.53. The molecule has 0 aliphatic rings. The first-order valence-corrected chi connectivity index (χ1v) is 6.05. The van der Waals surface area contributed by atoms with Crippen LogP contribution in [0, 0.1) is 12.7 Å². The Balaban J connectivity index is 2.00. The number of hydrogen-bond acceptors (Lipinski definition) is 2. The van der Waals surface area contributed by atoms with Gasteiger partial charge in [-0.05, 0) is 42.3 Å². The molecule has 2 aromatic carbocycles. The van der Waals surface area contributed by atoms with Crippen LogP contribution in [0.4, 0.5) is 4.39 Å². The van der Waals surface area contributed by atoms with Gasteiger partial charge in [-0.3, -0.25) is 0 Å². The maximum atomic E-state index is 13.1. The summed E-state index contributed by atoms with van der Waals surface area (Å²) >= 11 is 0. The van der Waals surface area contributed by atoms with Gasteiger partial charge in [0, 0.05) is 0 Å². The fourth-order valence-corrected chi connectivity index (χ4v) is 1.72. The van der Waals surface area contributed by atoms with E-state index in [1.807, 2.05) is 20.0 Å². The summed E-state index contributed by atoms with van der Waals surface area (Å²) in [5, 5.41) is 0. The molecule has 0 bridgehead atoms. The zero-order chi connectivity index (χ0) is 13.8. The lowest BCUT2D eigenvalue weighted by Gasteiger charge is -2.06. The van der Waals surface area contributed by atoms with E-state index in [0.717, 1.165) is 11.0 Å². The molecule has 0 N–H and O–H groups in total. The van der Waals surface area contributed by atoms with Gasteiger partial charge in [0.1, 0.15) is 20.3 Å². The highest BCUT2D eigenvalue weighted by Crippen LogP contribution is 2.11. The van der Waals surface area contributed by atoms with Crippen molar-refractivity contribution in [2.75, 3.05) is 0 Å². The van der Waals surface area contributed by atoms with Crippen LogP contribution in [0.15, 0.2) is 42.5 Å². The number of hydrogen-bond donors (Lipinski definition) is 0. The van der Waals surface area contributed by atoms with Crippen molar-refractivity contribution in [3.63, 3.8) is 0 Å². The van der Waals surface area contributed by atoms with Gasteiger partial charge < -0.3 is 4.74 Å². The van der Waals surface area contributed by atoms with Gasteiger partial charge in [-0.2, -0.15) is 0 Å². The molecule has 4 heteroatoms. The van der Waals surface area contributed by atoms with E-state index in [1.165, 1.54) is 6.07 Å². The molecule has 0 radical (unpaired) electrons. The van der Waals surface area contributed by atoms with E-state index in [4.69, 9.17) is 4.74 Å². The van der Waals surface area contributed by atoms with Crippen LogP contribution in [0.5, 0.6) is 0 Å². The van der Waals surface area contributed by atoms with Gasteiger partial charge in [0.05, 0.1) is 5.56 Å². The lowest BCUT2D eigenvalue weighted by Crippen LogP contribution is -2.08. The molecule has 0 saturated heterocycles. The normalized spacial score (nSPS) is 10.2. The SMILES string of the molecule is Bc1ccc(C(=O)OCc2ccc(F)c(C)c2)cc1. The Kier molecular flexibility index (Phi) is 4.00. The quantitative estimate of drug-likeness (QED) is 0.617. The predicted molar refractivity (Wildman–Crippen MR) is 74.9 cm³/mol. The van der Waals surface area contributed by atoms with Gasteiger partial charge in [-0.25, -0.2) is 9.18 Å². The summed E-state index contributed by atoms with van der Waals surface area (Å²) in [5.41, 5.74) is 2.93. The Bertz CT molecular complexity index is 594. The summed E-state index contributed by atoms with van der Waals surface area (Å²) in [6.45, 7) is 1.83. The van der Waals surface area contributed by atoms with Crippen molar-refractivity contribution < 1.29 is 13.9 Å². The first-order valence-electron chi connectivity index (χ1n) is 6.05. The average molecular weight is 256 g/mol. The monoisotopic (exact) mass is 256 g/mol. The standard InChI is InChI=1S/C15H14BFO2/c1-10-8-11(2-7-14(10)17)9-19-15(18)12-3-5-13(16)6-4-12/h2-8H,9,16H2,1H3. The smallest absolute Gasteiger partial charge is 0.338 e. The van der Waals surface area contributed by atoms with Crippen molar-refractivity contribution in [2.24, 2.45) is 0 Å². The van der Waals surface area contributed by atoms with E-state index in [-0.39, 0.29) is 18.4 Å². The fraction of sp³-hybridized carbons (Fsp3) is 0.133. The largest absolute Gasteiger partial charge is 0.457 e. The zero-order valence-electron chi connectivity index (χ0n) is 10.9. The molecule has 2 nitrogen and oxygen atoms in total. The number of benzene rings is 2. The van der Waals surface area contributed by atoms with Crippen LogP contribution in [0.3, 0.4) is 0 Å². The van der Waals surface area contributed by atoms with Crippen molar-refractivity contribution in [2.45, 2.75) is 13.5 Å². The first kappa shape index (κ1) is 13.3. The third kappa shape index (κ3) is 3.44. The van der Waals surface area contributed by atoms with Crippen LogP contribution in [-0.4, -0.2) is 13.8 Å². The first-order chi connectivity index (χ1) is 9.06. The van der Waals surface area contributed by atoms with Crippen molar-refractivity contribution in [3.05, 3.63) is 65.0 Å². The molecule has 0 aliphatic carbocycles. The second-order valence-electron chi connectivity index (χ2n) is 4.53. The highest BCUT2D eigenvalue weighted by atomic mass is 19.1. The Labute approximate surface area is 112 Å². The molecule has 2 aromatic rings. The third-order valence-electron chi connectivity index (χ3n) is 2.88.